The van der Waals surface area contributed by atoms with E-state index < -0.39 is 10.0 Å². The lowest BCUT2D eigenvalue weighted by atomic mass is 10.0. The van der Waals surface area contributed by atoms with Crippen molar-refractivity contribution >= 4 is 15.9 Å². The number of nitrogens with one attached hydrogen (secondary N) is 1. The Bertz CT molecular complexity index is 1240. The van der Waals surface area contributed by atoms with Crippen molar-refractivity contribution in [2.75, 3.05) is 33.3 Å². The number of ether oxygens (including phenoxy) is 1. The summed E-state index contributed by atoms with van der Waals surface area (Å²) >= 11 is 0. The number of hydrogen-bond donors (Lipinski definition) is 1. The minimum atomic E-state index is -3.45. The average Bonchev–Trinajstić information content (AvgIpc) is 2.93. The fourth-order valence-corrected chi connectivity index (χ4v) is 5.83. The smallest absolute Gasteiger partial charge is 0.251 e. The highest BCUT2D eigenvalue weighted by Gasteiger charge is 2.28. The predicted octanol–water partition coefficient (Wildman–Crippen LogP) is 4.08. The first-order chi connectivity index (χ1) is 17.4. The van der Waals surface area contributed by atoms with Crippen LogP contribution in [0.4, 0.5) is 0 Å². The van der Waals surface area contributed by atoms with E-state index in [4.69, 9.17) is 4.74 Å². The summed E-state index contributed by atoms with van der Waals surface area (Å²) in [5.74, 6) is 0.679. The molecule has 3 aromatic carbocycles. The molecule has 1 N–H and O–H groups in total. The number of amides is 1. The zero-order chi connectivity index (χ0) is 25.5. The van der Waals surface area contributed by atoms with Gasteiger partial charge in [0.05, 0.1) is 18.0 Å². The Labute approximate surface area is 213 Å². The van der Waals surface area contributed by atoms with Crippen LogP contribution in [0.5, 0.6) is 5.75 Å². The van der Waals surface area contributed by atoms with Crippen LogP contribution in [0.1, 0.15) is 40.9 Å². The SMILES string of the molecule is CCC(NC(=O)c1ccc(CN2CCN(S(=O)(=O)c3ccccc3)CC2)cc1)c1ccc(OC)cc1. The highest BCUT2D eigenvalue weighted by Crippen LogP contribution is 2.21. The van der Waals surface area contributed by atoms with Gasteiger partial charge in [0.15, 0.2) is 0 Å². The molecule has 1 unspecified atom stereocenters. The minimum absolute atomic E-state index is 0.0773. The highest BCUT2D eigenvalue weighted by atomic mass is 32.2. The van der Waals surface area contributed by atoms with E-state index in [0.29, 0.717) is 43.2 Å². The fourth-order valence-electron chi connectivity index (χ4n) is 4.39. The van der Waals surface area contributed by atoms with Crippen LogP contribution < -0.4 is 10.1 Å². The molecule has 1 atom stereocenters. The number of nitrogens with zero attached hydrogens (tertiary/aromatic N) is 2. The zero-order valence-corrected chi connectivity index (χ0v) is 21.6. The standard InChI is InChI=1S/C28H33N3O4S/c1-3-27(23-13-15-25(35-2)16-14-23)29-28(32)24-11-9-22(10-12-24)21-30-17-19-31(20-18-30)36(33,34)26-7-5-4-6-8-26/h4-16,27H,3,17-21H2,1-2H3,(H,29,32). The molecule has 1 amide bonds. The Hall–Kier alpha value is -3.20. The van der Waals surface area contributed by atoms with Gasteiger partial charge in [-0.05, 0) is 53.9 Å². The highest BCUT2D eigenvalue weighted by molar-refractivity contribution is 7.89. The third-order valence-electron chi connectivity index (χ3n) is 6.57. The number of hydrogen-bond acceptors (Lipinski definition) is 5. The van der Waals surface area contributed by atoms with Crippen LogP contribution in [-0.4, -0.2) is 56.8 Å². The summed E-state index contributed by atoms with van der Waals surface area (Å²) < 4.78 is 32.4. The Morgan fingerprint density at radius 1 is 0.917 bits per heavy atom. The van der Waals surface area contributed by atoms with Crippen LogP contribution in [0.25, 0.3) is 0 Å². The minimum Gasteiger partial charge on any atom is -0.497 e. The zero-order valence-electron chi connectivity index (χ0n) is 20.8. The van der Waals surface area contributed by atoms with Gasteiger partial charge in [0.2, 0.25) is 10.0 Å². The number of methoxy groups -OCH3 is 1. The van der Waals surface area contributed by atoms with Crippen LogP contribution in [0, 0.1) is 0 Å². The summed E-state index contributed by atoms with van der Waals surface area (Å²) in [7, 11) is -1.82. The molecule has 3 aromatic rings. The summed E-state index contributed by atoms with van der Waals surface area (Å²) in [5, 5.41) is 3.12. The molecule has 0 saturated carbocycles. The van der Waals surface area contributed by atoms with E-state index in [1.54, 1.807) is 35.7 Å². The van der Waals surface area contributed by atoms with E-state index in [1.807, 2.05) is 61.5 Å². The molecule has 0 spiro atoms. The lowest BCUT2D eigenvalue weighted by Gasteiger charge is -2.34. The maximum Gasteiger partial charge on any atom is 0.251 e. The van der Waals surface area contributed by atoms with Crippen LogP contribution in [0.2, 0.25) is 0 Å². The van der Waals surface area contributed by atoms with Gasteiger partial charge in [0, 0.05) is 38.3 Å². The van der Waals surface area contributed by atoms with Gasteiger partial charge in [-0.15, -0.1) is 0 Å². The van der Waals surface area contributed by atoms with E-state index in [0.717, 1.165) is 23.3 Å². The first-order valence-electron chi connectivity index (χ1n) is 12.2. The number of piperazine rings is 1. The lowest BCUT2D eigenvalue weighted by Crippen LogP contribution is -2.48. The molecule has 8 heteroatoms. The molecule has 0 bridgehead atoms. The number of rotatable bonds is 9. The van der Waals surface area contributed by atoms with Gasteiger partial charge < -0.3 is 10.1 Å². The molecule has 1 fully saturated rings. The average molecular weight is 508 g/mol. The van der Waals surface area contributed by atoms with Crippen molar-refractivity contribution < 1.29 is 17.9 Å². The molecule has 7 nitrogen and oxygen atoms in total. The first kappa shape index (κ1) is 25.9. The summed E-state index contributed by atoms with van der Waals surface area (Å²) in [6.07, 6.45) is 0.780. The molecule has 36 heavy (non-hydrogen) atoms. The van der Waals surface area contributed by atoms with Gasteiger partial charge in [-0.25, -0.2) is 8.42 Å². The lowest BCUT2D eigenvalue weighted by molar-refractivity contribution is 0.0935. The van der Waals surface area contributed by atoms with E-state index in [2.05, 4.69) is 10.2 Å². The molecule has 190 valence electrons. The van der Waals surface area contributed by atoms with Crippen LogP contribution in [0.3, 0.4) is 0 Å². The molecule has 0 aliphatic carbocycles. The molecule has 0 radical (unpaired) electrons. The van der Waals surface area contributed by atoms with Gasteiger partial charge in [-0.3, -0.25) is 9.69 Å². The molecule has 1 saturated heterocycles. The van der Waals surface area contributed by atoms with Gasteiger partial charge in [0.25, 0.3) is 5.91 Å². The summed E-state index contributed by atoms with van der Waals surface area (Å²) in [6.45, 7) is 5.00. The second-order valence-electron chi connectivity index (χ2n) is 8.90. The Morgan fingerprint density at radius 3 is 2.14 bits per heavy atom. The molecule has 1 aliphatic heterocycles. The van der Waals surface area contributed by atoms with Crippen molar-refractivity contribution in [1.82, 2.24) is 14.5 Å². The largest absolute Gasteiger partial charge is 0.497 e. The van der Waals surface area contributed by atoms with Crippen molar-refractivity contribution in [1.29, 1.82) is 0 Å². The van der Waals surface area contributed by atoms with Crippen molar-refractivity contribution in [3.63, 3.8) is 0 Å². The van der Waals surface area contributed by atoms with E-state index in [-0.39, 0.29) is 11.9 Å². The Kier molecular flexibility index (Phi) is 8.40. The maximum absolute atomic E-state index is 12.9. The molecular formula is C28H33N3O4S. The van der Waals surface area contributed by atoms with Crippen LogP contribution in [0.15, 0.2) is 83.8 Å². The fraction of sp³-hybridized carbons (Fsp3) is 0.321. The number of carbonyl (C=O) groups excluding carboxylic acids is 1. The summed E-state index contributed by atoms with van der Waals surface area (Å²) in [4.78, 5) is 15.4. The molecule has 1 heterocycles. The molecular weight excluding hydrogens is 474 g/mol. The Balaban J connectivity index is 1.30. The van der Waals surface area contributed by atoms with E-state index >= 15 is 0 Å². The Morgan fingerprint density at radius 2 is 1.56 bits per heavy atom. The quantitative estimate of drug-likeness (QED) is 0.472. The van der Waals surface area contributed by atoms with Crippen LogP contribution in [-0.2, 0) is 16.6 Å². The van der Waals surface area contributed by atoms with Gasteiger partial charge in [-0.2, -0.15) is 4.31 Å². The normalized spacial score (nSPS) is 15.8. The van der Waals surface area contributed by atoms with Crippen molar-refractivity contribution in [3.05, 3.63) is 95.6 Å². The first-order valence-corrected chi connectivity index (χ1v) is 13.7. The maximum atomic E-state index is 12.9. The second kappa shape index (κ2) is 11.7. The number of sulfonamides is 1. The van der Waals surface area contributed by atoms with Crippen LogP contribution >= 0.6 is 0 Å². The second-order valence-corrected chi connectivity index (χ2v) is 10.8. The van der Waals surface area contributed by atoms with Gasteiger partial charge in [0.1, 0.15) is 5.75 Å². The number of carbonyl (C=O) groups is 1. The van der Waals surface area contributed by atoms with Crippen molar-refractivity contribution in [3.8, 4) is 5.75 Å². The summed E-state index contributed by atoms with van der Waals surface area (Å²) in [5.41, 5.74) is 2.74. The third kappa shape index (κ3) is 6.13. The molecule has 0 aromatic heterocycles. The third-order valence-corrected chi connectivity index (χ3v) is 8.48. The topological polar surface area (TPSA) is 79.0 Å². The van der Waals surface area contributed by atoms with Crippen molar-refractivity contribution in [2.45, 2.75) is 30.8 Å². The molecule has 4 rings (SSSR count). The van der Waals surface area contributed by atoms with Crippen molar-refractivity contribution in [2.24, 2.45) is 0 Å². The van der Waals surface area contributed by atoms with E-state index in [1.165, 1.54) is 0 Å². The van der Waals surface area contributed by atoms with Gasteiger partial charge >= 0.3 is 0 Å². The number of benzene rings is 3. The monoisotopic (exact) mass is 507 g/mol. The van der Waals surface area contributed by atoms with Gasteiger partial charge in [-0.1, -0.05) is 49.4 Å². The molecule has 1 aliphatic rings. The van der Waals surface area contributed by atoms with E-state index in [9.17, 15) is 13.2 Å². The summed E-state index contributed by atoms with van der Waals surface area (Å²) in [6, 6.07) is 23.9. The predicted molar refractivity (Wildman–Crippen MR) is 140 cm³/mol.